The van der Waals surface area contributed by atoms with Crippen LogP contribution in [0.25, 0.3) is 11.1 Å². The molecule has 1 heterocycles. The van der Waals surface area contributed by atoms with Gasteiger partial charge in [-0.15, -0.1) is 0 Å². The summed E-state index contributed by atoms with van der Waals surface area (Å²) in [5, 5.41) is 3.78. The first-order chi connectivity index (χ1) is 20.7. The second kappa shape index (κ2) is 14.0. The van der Waals surface area contributed by atoms with E-state index >= 15 is 0 Å². The van der Waals surface area contributed by atoms with Crippen LogP contribution in [0.15, 0.2) is 60.7 Å². The molecule has 1 fully saturated rings. The summed E-state index contributed by atoms with van der Waals surface area (Å²) >= 11 is 5.99. The van der Waals surface area contributed by atoms with E-state index in [-0.39, 0.29) is 5.91 Å². The molecule has 228 valence electrons. The van der Waals surface area contributed by atoms with Crippen molar-refractivity contribution in [3.05, 3.63) is 87.9 Å². The van der Waals surface area contributed by atoms with Crippen molar-refractivity contribution in [3.63, 3.8) is 0 Å². The highest BCUT2D eigenvalue weighted by atomic mass is 35.5. The fraction of sp³-hybridized carbons (Fsp3) is 0.444. The fourth-order valence-corrected chi connectivity index (χ4v) is 6.37. The summed E-state index contributed by atoms with van der Waals surface area (Å²) < 4.78 is 6.42. The number of hydrogen-bond acceptors (Lipinski definition) is 4. The van der Waals surface area contributed by atoms with Crippen molar-refractivity contribution < 1.29 is 14.3 Å². The van der Waals surface area contributed by atoms with Gasteiger partial charge < -0.3 is 20.7 Å². The van der Waals surface area contributed by atoms with Crippen LogP contribution >= 0.6 is 11.6 Å². The smallest absolute Gasteiger partial charge is 0.261 e. The van der Waals surface area contributed by atoms with Gasteiger partial charge in [0.25, 0.3) is 11.8 Å². The predicted octanol–water partition coefficient (Wildman–Crippen LogP) is 6.92. The Morgan fingerprint density at radius 2 is 1.58 bits per heavy atom. The largest absolute Gasteiger partial charge is 0.477 e. The highest BCUT2D eigenvalue weighted by molar-refractivity contribution is 6.30. The highest BCUT2D eigenvalue weighted by Crippen LogP contribution is 2.41. The van der Waals surface area contributed by atoms with Gasteiger partial charge in [-0.2, -0.15) is 0 Å². The Morgan fingerprint density at radius 1 is 0.930 bits per heavy atom. The molecule has 43 heavy (non-hydrogen) atoms. The lowest BCUT2D eigenvalue weighted by Gasteiger charge is -2.35. The van der Waals surface area contributed by atoms with E-state index in [0.29, 0.717) is 23.0 Å². The van der Waals surface area contributed by atoms with Gasteiger partial charge in [-0.3, -0.25) is 9.59 Å². The monoisotopic (exact) mass is 601 g/mol. The number of carbonyl (C=O) groups excluding carboxylic acids is 2. The molecule has 2 aliphatic rings. The second-order valence-corrected chi connectivity index (χ2v) is 12.9. The van der Waals surface area contributed by atoms with Gasteiger partial charge in [0.05, 0.1) is 0 Å². The molecule has 0 radical (unpaired) electrons. The summed E-state index contributed by atoms with van der Waals surface area (Å²) in [5.41, 5.74) is 11.3. The molecule has 3 aromatic carbocycles. The van der Waals surface area contributed by atoms with Gasteiger partial charge in [0.2, 0.25) is 0 Å². The molecule has 1 aliphatic heterocycles. The SMILES string of the molecule is CC(C)(Oc1c(C2CCN(CCCCNC(=O)c3ccc(-c4ccc(Cl)cc4)cc3)CC2)ccc2c1CCCC2)C(N)=O. The average molecular weight is 602 g/mol. The third kappa shape index (κ3) is 7.79. The van der Waals surface area contributed by atoms with Crippen molar-refractivity contribution in [2.75, 3.05) is 26.2 Å². The number of amides is 2. The second-order valence-electron chi connectivity index (χ2n) is 12.5. The number of ether oxygens (including phenoxy) is 1. The molecule has 3 aromatic rings. The van der Waals surface area contributed by atoms with Crippen LogP contribution in [-0.2, 0) is 17.6 Å². The number of primary amides is 1. The number of fused-ring (bicyclic) bond motifs is 1. The molecule has 0 unspecified atom stereocenters. The molecule has 0 saturated carbocycles. The van der Waals surface area contributed by atoms with E-state index in [1.807, 2.05) is 48.5 Å². The minimum atomic E-state index is -1.04. The maximum absolute atomic E-state index is 12.6. The first-order valence-corrected chi connectivity index (χ1v) is 16.1. The number of benzene rings is 3. The number of aryl methyl sites for hydroxylation is 1. The number of nitrogens with zero attached hydrogens (tertiary/aromatic N) is 1. The third-order valence-electron chi connectivity index (χ3n) is 9.00. The molecular weight excluding hydrogens is 558 g/mol. The minimum Gasteiger partial charge on any atom is -0.477 e. The summed E-state index contributed by atoms with van der Waals surface area (Å²) in [6.45, 7) is 7.30. The molecule has 2 amide bonds. The molecule has 0 atom stereocenters. The number of likely N-dealkylation sites (tertiary alicyclic amines) is 1. The van der Waals surface area contributed by atoms with Crippen LogP contribution in [0.2, 0.25) is 5.02 Å². The van der Waals surface area contributed by atoms with Gasteiger partial charge in [-0.25, -0.2) is 0 Å². The summed E-state index contributed by atoms with van der Waals surface area (Å²) in [6, 6.07) is 19.9. The molecule has 1 saturated heterocycles. The average Bonchev–Trinajstić information content (AvgIpc) is 3.01. The maximum Gasteiger partial charge on any atom is 0.261 e. The third-order valence-corrected chi connectivity index (χ3v) is 9.25. The Balaban J connectivity index is 1.07. The Bertz CT molecular complexity index is 1410. The number of halogens is 1. The van der Waals surface area contributed by atoms with E-state index in [0.717, 1.165) is 81.5 Å². The zero-order chi connectivity index (χ0) is 30.4. The topological polar surface area (TPSA) is 84.7 Å². The number of unbranched alkanes of at least 4 members (excludes halogenated alkanes) is 1. The Hall–Kier alpha value is -3.35. The van der Waals surface area contributed by atoms with Crippen LogP contribution in [-0.4, -0.2) is 48.5 Å². The highest BCUT2D eigenvalue weighted by Gasteiger charge is 2.33. The quantitative estimate of drug-likeness (QED) is 0.234. The van der Waals surface area contributed by atoms with Gasteiger partial charge in [-0.05, 0) is 143 Å². The lowest BCUT2D eigenvalue weighted by Crippen LogP contribution is -2.44. The van der Waals surface area contributed by atoms with E-state index in [1.165, 1.54) is 23.1 Å². The maximum atomic E-state index is 12.6. The van der Waals surface area contributed by atoms with Gasteiger partial charge in [0, 0.05) is 17.1 Å². The molecule has 7 heteroatoms. The number of nitrogens with two attached hydrogens (primary N) is 1. The fourth-order valence-electron chi connectivity index (χ4n) is 6.25. The molecule has 5 rings (SSSR count). The molecule has 0 spiro atoms. The van der Waals surface area contributed by atoms with Crippen molar-refractivity contribution in [2.24, 2.45) is 5.73 Å². The number of nitrogens with one attached hydrogen (secondary N) is 1. The van der Waals surface area contributed by atoms with Gasteiger partial charge in [0.1, 0.15) is 5.75 Å². The van der Waals surface area contributed by atoms with Crippen molar-refractivity contribution in [1.29, 1.82) is 0 Å². The van der Waals surface area contributed by atoms with Crippen molar-refractivity contribution in [3.8, 4) is 16.9 Å². The van der Waals surface area contributed by atoms with Crippen LogP contribution < -0.4 is 15.8 Å². The molecule has 6 nitrogen and oxygen atoms in total. The normalized spacial score (nSPS) is 16.0. The number of piperidine rings is 1. The van der Waals surface area contributed by atoms with Crippen LogP contribution in [0, 0.1) is 0 Å². The first-order valence-electron chi connectivity index (χ1n) is 15.7. The van der Waals surface area contributed by atoms with Gasteiger partial charge in [0.15, 0.2) is 5.60 Å². The summed E-state index contributed by atoms with van der Waals surface area (Å²) in [6.07, 6.45) is 8.53. The van der Waals surface area contributed by atoms with Crippen molar-refractivity contribution in [2.45, 2.75) is 76.7 Å². The number of carbonyl (C=O) groups is 2. The summed E-state index contributed by atoms with van der Waals surface area (Å²) in [7, 11) is 0. The van der Waals surface area contributed by atoms with E-state index in [9.17, 15) is 9.59 Å². The van der Waals surface area contributed by atoms with Gasteiger partial charge >= 0.3 is 0 Å². The summed E-state index contributed by atoms with van der Waals surface area (Å²) in [4.78, 5) is 27.3. The molecular formula is C36H44ClN3O3. The van der Waals surface area contributed by atoms with E-state index < -0.39 is 11.5 Å². The van der Waals surface area contributed by atoms with E-state index in [1.54, 1.807) is 13.8 Å². The Morgan fingerprint density at radius 3 is 2.26 bits per heavy atom. The van der Waals surface area contributed by atoms with Crippen molar-refractivity contribution >= 4 is 23.4 Å². The lowest BCUT2D eigenvalue weighted by molar-refractivity contribution is -0.130. The Labute approximate surface area is 260 Å². The predicted molar refractivity (Wildman–Crippen MR) is 174 cm³/mol. The van der Waals surface area contributed by atoms with Crippen LogP contribution in [0.3, 0.4) is 0 Å². The van der Waals surface area contributed by atoms with E-state index in [2.05, 4.69) is 22.3 Å². The lowest BCUT2D eigenvalue weighted by atomic mass is 9.83. The number of hydrogen-bond donors (Lipinski definition) is 2. The zero-order valence-electron chi connectivity index (χ0n) is 25.5. The van der Waals surface area contributed by atoms with Crippen LogP contribution in [0.5, 0.6) is 5.75 Å². The van der Waals surface area contributed by atoms with Crippen LogP contribution in [0.4, 0.5) is 0 Å². The molecule has 3 N–H and O–H groups in total. The number of rotatable bonds is 11. The standard InChI is InChI=1S/C36H44ClN3O3/c1-36(2,35(38)42)43-33-31-8-4-3-7-27(31)15-18-32(33)28-19-23-40(24-20-28)22-6-5-21-39-34(41)29-11-9-25(10-12-29)26-13-16-30(37)17-14-26/h9-18,28H,3-8,19-24H2,1-2H3,(H2,38,42)(H,39,41). The molecule has 1 aliphatic carbocycles. The zero-order valence-corrected chi connectivity index (χ0v) is 26.2. The molecule has 0 bridgehead atoms. The molecule has 0 aromatic heterocycles. The Kier molecular flexibility index (Phi) is 10.1. The van der Waals surface area contributed by atoms with Crippen molar-refractivity contribution in [1.82, 2.24) is 10.2 Å². The van der Waals surface area contributed by atoms with Crippen LogP contribution in [0.1, 0.15) is 85.3 Å². The first kappa shape index (κ1) is 31.1. The minimum absolute atomic E-state index is 0.0361. The van der Waals surface area contributed by atoms with Gasteiger partial charge in [-0.1, -0.05) is 48.0 Å². The summed E-state index contributed by atoms with van der Waals surface area (Å²) in [5.74, 6) is 0.846. The van der Waals surface area contributed by atoms with E-state index in [4.69, 9.17) is 22.1 Å².